The van der Waals surface area contributed by atoms with E-state index in [1.165, 1.54) is 12.1 Å². The summed E-state index contributed by atoms with van der Waals surface area (Å²) in [6.45, 7) is 0. The van der Waals surface area contributed by atoms with E-state index in [0.717, 1.165) is 28.1 Å². The second-order valence-electron chi connectivity index (χ2n) is 6.67. The van der Waals surface area contributed by atoms with E-state index in [1.807, 2.05) is 6.07 Å². The predicted octanol–water partition coefficient (Wildman–Crippen LogP) is 7.33. The average Bonchev–Trinajstić information content (AvgIpc) is 3.24. The fourth-order valence-corrected chi connectivity index (χ4v) is 4.30. The Morgan fingerprint density at radius 1 is 1.24 bits per heavy atom. The first kappa shape index (κ1) is 23.0. The summed E-state index contributed by atoms with van der Waals surface area (Å²) in [5.41, 5.74) is -0.951. The number of benzene rings is 2. The molecule has 0 radical (unpaired) electrons. The molecule has 0 aliphatic rings. The summed E-state index contributed by atoms with van der Waals surface area (Å²) in [5.74, 6) is 0. The van der Waals surface area contributed by atoms with E-state index >= 15 is 0 Å². The van der Waals surface area contributed by atoms with E-state index < -0.39 is 17.4 Å². The molecule has 0 bridgehead atoms. The molecule has 2 aromatic carbocycles. The lowest BCUT2D eigenvalue weighted by Gasteiger charge is -2.13. The number of hydrogen-bond donors (Lipinski definition) is 1. The van der Waals surface area contributed by atoms with Gasteiger partial charge in [-0.2, -0.15) is 18.4 Å². The molecule has 0 unspecified atom stereocenters. The second-order valence-corrected chi connectivity index (χ2v) is 8.88. The molecule has 0 amide bonds. The summed E-state index contributed by atoms with van der Waals surface area (Å²) in [7, 11) is 0. The monoisotopic (exact) mass is 551 g/mol. The highest BCUT2D eigenvalue weighted by Gasteiger charge is 2.33. The third kappa shape index (κ3) is 4.95. The fourth-order valence-electron chi connectivity index (χ4n) is 2.96. The molecule has 0 aliphatic carbocycles. The zero-order valence-electron chi connectivity index (χ0n) is 16.2. The van der Waals surface area contributed by atoms with Gasteiger partial charge < -0.3 is 9.73 Å². The highest BCUT2D eigenvalue weighted by molar-refractivity contribution is 9.10. The summed E-state index contributed by atoms with van der Waals surface area (Å²) in [6, 6.07) is 12.0. The number of fused-ring (bicyclic) bond motifs is 1. The normalized spacial score (nSPS) is 12.1. The van der Waals surface area contributed by atoms with Crippen molar-refractivity contribution in [3.8, 4) is 17.3 Å². The van der Waals surface area contributed by atoms with Crippen molar-refractivity contribution in [3.63, 3.8) is 0 Å². The zero-order chi connectivity index (χ0) is 23.8. The number of nitriles is 1. The van der Waals surface area contributed by atoms with Crippen molar-refractivity contribution in [2.45, 2.75) is 6.18 Å². The molecule has 2 aromatic heterocycles. The molecular weight excluding hydrogens is 543 g/mol. The SMILES string of the molecule is N#CC(=CNc1ccc(Cl)cc1C(F)(F)F)c1nc(-c2cc3cc(Br)ccc3oc2=O)cs1. The van der Waals surface area contributed by atoms with Crippen LogP contribution in [0.15, 0.2) is 67.7 Å². The van der Waals surface area contributed by atoms with Gasteiger partial charge in [-0.15, -0.1) is 11.3 Å². The molecule has 0 saturated heterocycles. The van der Waals surface area contributed by atoms with Crippen molar-refractivity contribution in [2.75, 3.05) is 5.32 Å². The quantitative estimate of drug-likeness (QED) is 0.212. The molecule has 1 N–H and O–H groups in total. The van der Waals surface area contributed by atoms with E-state index in [4.69, 9.17) is 16.0 Å². The standard InChI is InChI=1S/C22H10BrClF3N3O2S/c23-13-1-4-19-11(5-13)6-15(21(31)32-19)18-10-33-20(30-18)12(8-28)9-29-17-3-2-14(24)7-16(17)22(25,26)27/h1-7,9-10,29H. The Kier molecular flexibility index (Phi) is 6.30. The Labute approximate surface area is 201 Å². The summed E-state index contributed by atoms with van der Waals surface area (Å²) in [6.07, 6.45) is -3.51. The zero-order valence-corrected chi connectivity index (χ0v) is 19.4. The molecule has 11 heteroatoms. The molecule has 4 aromatic rings. The smallest absolute Gasteiger partial charge is 0.418 e. The van der Waals surface area contributed by atoms with Crippen LogP contribution >= 0.6 is 38.9 Å². The first-order valence-corrected chi connectivity index (χ1v) is 11.1. The molecule has 33 heavy (non-hydrogen) atoms. The molecule has 2 heterocycles. The van der Waals surface area contributed by atoms with Gasteiger partial charge >= 0.3 is 11.8 Å². The van der Waals surface area contributed by atoms with Crippen molar-refractivity contribution in [2.24, 2.45) is 0 Å². The van der Waals surface area contributed by atoms with Crippen LogP contribution in [0.25, 0.3) is 27.8 Å². The number of allylic oxidation sites excluding steroid dienone is 1. The highest BCUT2D eigenvalue weighted by atomic mass is 79.9. The van der Waals surface area contributed by atoms with Gasteiger partial charge in [0.1, 0.15) is 22.2 Å². The van der Waals surface area contributed by atoms with Crippen LogP contribution in [0.2, 0.25) is 5.02 Å². The van der Waals surface area contributed by atoms with Gasteiger partial charge in [-0.3, -0.25) is 0 Å². The van der Waals surface area contributed by atoms with Crippen molar-refractivity contribution in [1.82, 2.24) is 4.98 Å². The topological polar surface area (TPSA) is 78.9 Å². The molecule has 0 atom stereocenters. The molecule has 166 valence electrons. The van der Waals surface area contributed by atoms with Crippen LogP contribution in [0.1, 0.15) is 10.6 Å². The number of anilines is 1. The number of aromatic nitrogens is 1. The molecule has 0 aliphatic heterocycles. The largest absolute Gasteiger partial charge is 0.422 e. The number of rotatable bonds is 4. The van der Waals surface area contributed by atoms with E-state index in [2.05, 4.69) is 26.2 Å². The minimum atomic E-state index is -4.64. The molecule has 4 rings (SSSR count). The lowest BCUT2D eigenvalue weighted by molar-refractivity contribution is -0.136. The van der Waals surface area contributed by atoms with E-state index in [-0.39, 0.29) is 32.5 Å². The Hall–Kier alpha value is -3.13. The minimum absolute atomic E-state index is 0.0118. The van der Waals surface area contributed by atoms with Crippen LogP contribution in [0.5, 0.6) is 0 Å². The Morgan fingerprint density at radius 2 is 2.03 bits per heavy atom. The van der Waals surface area contributed by atoms with Gasteiger partial charge in [0.25, 0.3) is 0 Å². The second kappa shape index (κ2) is 9.02. The van der Waals surface area contributed by atoms with E-state index in [9.17, 15) is 23.2 Å². The third-order valence-electron chi connectivity index (χ3n) is 4.48. The van der Waals surface area contributed by atoms with Crippen LogP contribution < -0.4 is 10.9 Å². The Balaban J connectivity index is 1.68. The lowest BCUT2D eigenvalue weighted by Crippen LogP contribution is -2.08. The maximum Gasteiger partial charge on any atom is 0.418 e. The fraction of sp³-hybridized carbons (Fsp3) is 0.0455. The first-order chi connectivity index (χ1) is 15.7. The summed E-state index contributed by atoms with van der Waals surface area (Å²) >= 11 is 10.1. The molecule has 0 saturated carbocycles. The molecule has 5 nitrogen and oxygen atoms in total. The van der Waals surface area contributed by atoms with Gasteiger partial charge in [0, 0.05) is 26.5 Å². The average molecular weight is 553 g/mol. The lowest BCUT2D eigenvalue weighted by atomic mass is 10.1. The van der Waals surface area contributed by atoms with Crippen molar-refractivity contribution in [3.05, 3.63) is 84.5 Å². The van der Waals surface area contributed by atoms with Crippen LogP contribution in [0.4, 0.5) is 18.9 Å². The van der Waals surface area contributed by atoms with Crippen LogP contribution in [0.3, 0.4) is 0 Å². The van der Waals surface area contributed by atoms with Crippen molar-refractivity contribution in [1.29, 1.82) is 5.26 Å². The molecular formula is C22H10BrClF3N3O2S. The summed E-state index contributed by atoms with van der Waals surface area (Å²) in [5, 5.41) is 14.4. The van der Waals surface area contributed by atoms with Crippen LogP contribution in [-0.2, 0) is 6.18 Å². The third-order valence-corrected chi connectivity index (χ3v) is 6.09. The number of nitrogens with one attached hydrogen (secondary N) is 1. The van der Waals surface area contributed by atoms with Crippen molar-refractivity contribution >= 4 is 61.1 Å². The number of nitrogens with zero attached hydrogens (tertiary/aromatic N) is 2. The van der Waals surface area contributed by atoms with Gasteiger partial charge in [0.2, 0.25) is 0 Å². The van der Waals surface area contributed by atoms with Crippen LogP contribution in [0, 0.1) is 11.3 Å². The van der Waals surface area contributed by atoms with Gasteiger partial charge in [-0.1, -0.05) is 27.5 Å². The van der Waals surface area contributed by atoms with Crippen molar-refractivity contribution < 1.29 is 17.6 Å². The van der Waals surface area contributed by atoms with E-state index in [0.29, 0.717) is 11.0 Å². The number of thiazole rings is 1. The molecule has 0 fully saturated rings. The number of halogens is 5. The van der Waals surface area contributed by atoms with Crippen LogP contribution in [-0.4, -0.2) is 4.98 Å². The Bertz CT molecular complexity index is 1510. The predicted molar refractivity (Wildman–Crippen MR) is 125 cm³/mol. The highest BCUT2D eigenvalue weighted by Crippen LogP contribution is 2.37. The minimum Gasteiger partial charge on any atom is -0.422 e. The van der Waals surface area contributed by atoms with Gasteiger partial charge in [-0.25, -0.2) is 9.78 Å². The summed E-state index contributed by atoms with van der Waals surface area (Å²) in [4.78, 5) is 16.7. The van der Waals surface area contributed by atoms with E-state index in [1.54, 1.807) is 29.6 Å². The Morgan fingerprint density at radius 3 is 2.76 bits per heavy atom. The number of alkyl halides is 3. The maximum atomic E-state index is 13.3. The maximum absolute atomic E-state index is 13.3. The van der Waals surface area contributed by atoms with Gasteiger partial charge in [-0.05, 0) is 42.5 Å². The van der Waals surface area contributed by atoms with Gasteiger partial charge in [0.15, 0.2) is 0 Å². The first-order valence-electron chi connectivity index (χ1n) is 9.09. The van der Waals surface area contributed by atoms with Gasteiger partial charge in [0.05, 0.1) is 22.5 Å². The number of hydrogen-bond acceptors (Lipinski definition) is 6. The summed E-state index contributed by atoms with van der Waals surface area (Å²) < 4.78 is 46.0. The molecule has 0 spiro atoms.